The lowest BCUT2D eigenvalue weighted by atomic mass is 9.73. The molecule has 31 heavy (non-hydrogen) atoms. The van der Waals surface area contributed by atoms with Crippen molar-refractivity contribution >= 4 is 34.3 Å². The first-order valence-electron chi connectivity index (χ1n) is 10.4. The molecule has 0 atom stereocenters. The van der Waals surface area contributed by atoms with Gasteiger partial charge in [-0.2, -0.15) is 0 Å². The van der Waals surface area contributed by atoms with Gasteiger partial charge in [-0.1, -0.05) is 62.4 Å². The number of rotatable bonds is 3. The summed E-state index contributed by atoms with van der Waals surface area (Å²) in [6.07, 6.45) is 3.12. The van der Waals surface area contributed by atoms with Crippen LogP contribution in [-0.4, -0.2) is 9.97 Å². The maximum atomic E-state index is 6.13. The topological polar surface area (TPSA) is 67.1 Å². The monoisotopic (exact) mass is 407 g/mol. The second-order valence-corrected chi connectivity index (χ2v) is 8.42. The van der Waals surface area contributed by atoms with Gasteiger partial charge in [0.25, 0.3) is 0 Å². The highest BCUT2D eigenvalue weighted by atomic mass is 15.2. The zero-order valence-corrected chi connectivity index (χ0v) is 17.9. The molecule has 3 aromatic carbocycles. The molecule has 5 rings (SSSR count). The molecule has 0 spiro atoms. The molecule has 2 heterocycles. The van der Waals surface area contributed by atoms with Gasteiger partial charge < -0.3 is 16.0 Å². The Morgan fingerprint density at radius 1 is 0.839 bits per heavy atom. The van der Waals surface area contributed by atoms with Crippen LogP contribution < -0.4 is 16.0 Å². The van der Waals surface area contributed by atoms with Gasteiger partial charge in [-0.05, 0) is 41.8 Å². The molecule has 0 unspecified atom stereocenters. The SMILES string of the molecule is Cc1cccc(N2c3ccccc3C(C)(C)c3ccccc32)c1Nc1ncncc1N. The summed E-state index contributed by atoms with van der Waals surface area (Å²) in [6.45, 7) is 6.67. The van der Waals surface area contributed by atoms with Crippen molar-refractivity contribution in [3.63, 3.8) is 0 Å². The standard InChI is InChI=1S/C26H25N5/c1-17-9-8-14-23(24(17)30-25-20(27)15-28-16-29-25)31-21-12-6-4-10-18(21)26(2,3)19-11-5-7-13-22(19)31/h4-16H,27H2,1-3H3,(H,28,29,30). The molecule has 0 amide bonds. The number of nitrogens with zero attached hydrogens (tertiary/aromatic N) is 3. The predicted octanol–water partition coefficient (Wildman–Crippen LogP) is 6.22. The number of para-hydroxylation sites is 3. The van der Waals surface area contributed by atoms with Crippen LogP contribution in [0.2, 0.25) is 0 Å². The van der Waals surface area contributed by atoms with E-state index >= 15 is 0 Å². The summed E-state index contributed by atoms with van der Waals surface area (Å²) in [5.74, 6) is 0.601. The second-order valence-electron chi connectivity index (χ2n) is 8.42. The van der Waals surface area contributed by atoms with Gasteiger partial charge in [-0.25, -0.2) is 9.97 Å². The van der Waals surface area contributed by atoms with Gasteiger partial charge in [0.1, 0.15) is 6.33 Å². The van der Waals surface area contributed by atoms with E-state index in [0.29, 0.717) is 11.5 Å². The molecule has 5 nitrogen and oxygen atoms in total. The van der Waals surface area contributed by atoms with Crippen LogP contribution in [0, 0.1) is 6.92 Å². The van der Waals surface area contributed by atoms with Crippen molar-refractivity contribution in [1.82, 2.24) is 9.97 Å². The summed E-state index contributed by atoms with van der Waals surface area (Å²) >= 11 is 0. The summed E-state index contributed by atoms with van der Waals surface area (Å²) in [5.41, 5.74) is 14.6. The van der Waals surface area contributed by atoms with E-state index in [0.717, 1.165) is 16.9 Å². The van der Waals surface area contributed by atoms with E-state index in [1.807, 2.05) is 0 Å². The van der Waals surface area contributed by atoms with Crippen LogP contribution in [0.3, 0.4) is 0 Å². The number of nitrogens with two attached hydrogens (primary N) is 1. The van der Waals surface area contributed by atoms with Crippen molar-refractivity contribution in [3.8, 4) is 0 Å². The number of nitrogens with one attached hydrogen (secondary N) is 1. The molecule has 3 N–H and O–H groups in total. The first-order chi connectivity index (χ1) is 15.0. The Labute approximate surface area is 182 Å². The Morgan fingerprint density at radius 2 is 1.45 bits per heavy atom. The van der Waals surface area contributed by atoms with Crippen LogP contribution in [-0.2, 0) is 5.41 Å². The Morgan fingerprint density at radius 3 is 2.10 bits per heavy atom. The summed E-state index contributed by atoms with van der Waals surface area (Å²) in [5, 5.41) is 3.47. The van der Waals surface area contributed by atoms with Crippen LogP contribution in [0.15, 0.2) is 79.3 Å². The predicted molar refractivity (Wildman–Crippen MR) is 128 cm³/mol. The number of hydrogen-bond donors (Lipinski definition) is 2. The lowest BCUT2D eigenvalue weighted by Gasteiger charge is -2.42. The van der Waals surface area contributed by atoms with E-state index in [1.54, 1.807) is 6.20 Å². The maximum absolute atomic E-state index is 6.13. The zero-order valence-electron chi connectivity index (χ0n) is 17.9. The second kappa shape index (κ2) is 7.13. The van der Waals surface area contributed by atoms with Crippen molar-refractivity contribution < 1.29 is 0 Å². The normalized spacial score (nSPS) is 14.0. The minimum absolute atomic E-state index is 0.0990. The lowest BCUT2D eigenvalue weighted by molar-refractivity contribution is 0.632. The third kappa shape index (κ3) is 3.01. The Bertz CT molecular complexity index is 1230. The van der Waals surface area contributed by atoms with Crippen molar-refractivity contribution in [2.24, 2.45) is 0 Å². The van der Waals surface area contributed by atoms with Gasteiger partial charge in [0.15, 0.2) is 5.82 Å². The van der Waals surface area contributed by atoms with Gasteiger partial charge in [0, 0.05) is 5.41 Å². The molecular weight excluding hydrogens is 382 g/mol. The van der Waals surface area contributed by atoms with Crippen LogP contribution in [0.4, 0.5) is 34.3 Å². The summed E-state index contributed by atoms with van der Waals surface area (Å²) in [6, 6.07) is 23.6. The molecule has 0 fully saturated rings. The van der Waals surface area contributed by atoms with Gasteiger partial charge in [-0.3, -0.25) is 0 Å². The molecule has 5 heteroatoms. The van der Waals surface area contributed by atoms with E-state index in [9.17, 15) is 0 Å². The summed E-state index contributed by atoms with van der Waals surface area (Å²) in [4.78, 5) is 10.7. The van der Waals surface area contributed by atoms with E-state index < -0.39 is 0 Å². The number of hydrogen-bond acceptors (Lipinski definition) is 5. The van der Waals surface area contributed by atoms with Gasteiger partial charge in [-0.15, -0.1) is 0 Å². The van der Waals surface area contributed by atoms with E-state index in [1.165, 1.54) is 28.8 Å². The highest BCUT2D eigenvalue weighted by Crippen LogP contribution is 2.53. The molecule has 1 aliphatic rings. The molecule has 0 saturated carbocycles. The van der Waals surface area contributed by atoms with Gasteiger partial charge in [0.05, 0.1) is 34.6 Å². The van der Waals surface area contributed by atoms with Crippen LogP contribution in [0.1, 0.15) is 30.5 Å². The van der Waals surface area contributed by atoms with Crippen molar-refractivity contribution in [1.29, 1.82) is 0 Å². The van der Waals surface area contributed by atoms with Gasteiger partial charge in [0.2, 0.25) is 0 Å². The van der Waals surface area contributed by atoms with Crippen molar-refractivity contribution in [2.45, 2.75) is 26.2 Å². The zero-order chi connectivity index (χ0) is 21.6. The smallest absolute Gasteiger partial charge is 0.157 e. The summed E-state index contributed by atoms with van der Waals surface area (Å²) < 4.78 is 0. The number of fused-ring (bicyclic) bond motifs is 2. The molecule has 1 aliphatic heterocycles. The fraction of sp³-hybridized carbons (Fsp3) is 0.154. The number of anilines is 6. The first-order valence-corrected chi connectivity index (χ1v) is 10.4. The number of aromatic nitrogens is 2. The number of benzene rings is 3. The molecule has 1 aromatic heterocycles. The Hall–Kier alpha value is -3.86. The molecule has 0 saturated heterocycles. The van der Waals surface area contributed by atoms with E-state index in [-0.39, 0.29) is 5.41 Å². The highest BCUT2D eigenvalue weighted by molar-refractivity contribution is 5.92. The highest BCUT2D eigenvalue weighted by Gasteiger charge is 2.37. The largest absolute Gasteiger partial charge is 0.394 e. The molecule has 154 valence electrons. The number of nitrogen functional groups attached to an aromatic ring is 1. The number of aryl methyl sites for hydroxylation is 1. The van der Waals surface area contributed by atoms with E-state index in [2.05, 4.69) is 108 Å². The first kappa shape index (κ1) is 19.1. The van der Waals surface area contributed by atoms with Crippen molar-refractivity contribution in [2.75, 3.05) is 16.0 Å². The lowest BCUT2D eigenvalue weighted by Crippen LogP contribution is -2.30. The minimum Gasteiger partial charge on any atom is -0.394 e. The molecule has 0 aliphatic carbocycles. The average molecular weight is 408 g/mol. The molecular formula is C26H25N5. The van der Waals surface area contributed by atoms with Crippen LogP contribution in [0.25, 0.3) is 0 Å². The minimum atomic E-state index is -0.0990. The summed E-state index contributed by atoms with van der Waals surface area (Å²) in [7, 11) is 0. The third-order valence-electron chi connectivity index (χ3n) is 6.11. The average Bonchev–Trinajstić information content (AvgIpc) is 2.77. The molecule has 4 aromatic rings. The molecule has 0 radical (unpaired) electrons. The molecule has 0 bridgehead atoms. The van der Waals surface area contributed by atoms with Crippen LogP contribution in [0.5, 0.6) is 0 Å². The fourth-order valence-electron chi connectivity index (χ4n) is 4.49. The quantitative estimate of drug-likeness (QED) is 0.422. The van der Waals surface area contributed by atoms with E-state index in [4.69, 9.17) is 5.73 Å². The maximum Gasteiger partial charge on any atom is 0.157 e. The van der Waals surface area contributed by atoms with Crippen molar-refractivity contribution in [3.05, 3.63) is 95.9 Å². The third-order valence-corrected chi connectivity index (χ3v) is 6.11. The Kier molecular flexibility index (Phi) is 4.40. The Balaban J connectivity index is 1.76. The van der Waals surface area contributed by atoms with Gasteiger partial charge >= 0.3 is 0 Å². The van der Waals surface area contributed by atoms with Crippen LogP contribution >= 0.6 is 0 Å². The fourth-order valence-corrected chi connectivity index (χ4v) is 4.49.